The molecule has 122 valence electrons. The Bertz CT molecular complexity index is 915. The van der Waals surface area contributed by atoms with Crippen molar-refractivity contribution in [2.75, 3.05) is 0 Å². The highest BCUT2D eigenvalue weighted by Gasteiger charge is 2.13. The first kappa shape index (κ1) is 16.2. The van der Waals surface area contributed by atoms with E-state index in [0.717, 1.165) is 20.9 Å². The number of halogens is 1. The number of aryl methyl sites for hydroxylation is 1. The number of hydrazine groups is 1. The van der Waals surface area contributed by atoms with E-state index in [1.807, 2.05) is 30.3 Å². The van der Waals surface area contributed by atoms with Gasteiger partial charge in [-0.3, -0.25) is 25.4 Å². The Balaban J connectivity index is 1.65. The van der Waals surface area contributed by atoms with Gasteiger partial charge in [0.15, 0.2) is 0 Å². The van der Waals surface area contributed by atoms with Gasteiger partial charge in [-0.05, 0) is 33.6 Å². The molecule has 24 heavy (non-hydrogen) atoms. The standard InChI is InChI=1S/C17H15BrN4O2/c1-22-10-13(18)9-14(22)17(24)21-20-15(23)8-12-5-2-4-11-6-3-7-19-16(11)12/h2-7,9-10H,8H2,1H3,(H,20,23)(H,21,24). The summed E-state index contributed by atoms with van der Waals surface area (Å²) in [6, 6.07) is 11.1. The van der Waals surface area contributed by atoms with Crippen LogP contribution in [0.1, 0.15) is 16.1 Å². The van der Waals surface area contributed by atoms with Crippen molar-refractivity contribution in [2.45, 2.75) is 6.42 Å². The molecule has 0 aliphatic carbocycles. The second kappa shape index (κ2) is 6.84. The molecule has 1 aromatic carbocycles. The molecule has 0 unspecified atom stereocenters. The van der Waals surface area contributed by atoms with Crippen molar-refractivity contribution < 1.29 is 9.59 Å². The van der Waals surface area contributed by atoms with E-state index < -0.39 is 0 Å². The van der Waals surface area contributed by atoms with E-state index >= 15 is 0 Å². The van der Waals surface area contributed by atoms with Gasteiger partial charge in [0.1, 0.15) is 5.69 Å². The van der Waals surface area contributed by atoms with Crippen LogP contribution >= 0.6 is 15.9 Å². The molecular formula is C17H15BrN4O2. The van der Waals surface area contributed by atoms with E-state index in [4.69, 9.17) is 0 Å². The Morgan fingerprint density at radius 1 is 1.21 bits per heavy atom. The van der Waals surface area contributed by atoms with Crippen LogP contribution in [0.4, 0.5) is 0 Å². The number of pyridine rings is 1. The van der Waals surface area contributed by atoms with Gasteiger partial charge in [-0.15, -0.1) is 0 Å². The number of carbonyl (C=O) groups excluding carboxylic acids is 2. The van der Waals surface area contributed by atoms with Gasteiger partial charge in [0.05, 0.1) is 11.9 Å². The van der Waals surface area contributed by atoms with Crippen molar-refractivity contribution in [3.8, 4) is 0 Å². The highest BCUT2D eigenvalue weighted by Crippen LogP contribution is 2.16. The van der Waals surface area contributed by atoms with Crippen molar-refractivity contribution in [3.05, 3.63) is 64.5 Å². The normalized spacial score (nSPS) is 10.6. The number of amides is 2. The Morgan fingerprint density at radius 3 is 2.75 bits per heavy atom. The van der Waals surface area contributed by atoms with E-state index in [1.165, 1.54) is 0 Å². The first-order chi connectivity index (χ1) is 11.5. The molecule has 0 aliphatic heterocycles. The Labute approximate surface area is 147 Å². The van der Waals surface area contributed by atoms with Gasteiger partial charge in [-0.2, -0.15) is 0 Å². The summed E-state index contributed by atoms with van der Waals surface area (Å²) < 4.78 is 2.46. The third-order valence-electron chi connectivity index (χ3n) is 3.59. The van der Waals surface area contributed by atoms with Crippen LogP contribution in [0.3, 0.4) is 0 Å². The minimum Gasteiger partial charge on any atom is -0.345 e. The molecule has 7 heteroatoms. The first-order valence-corrected chi connectivity index (χ1v) is 8.07. The van der Waals surface area contributed by atoms with Crippen molar-refractivity contribution >= 4 is 38.6 Å². The molecule has 0 saturated heterocycles. The first-order valence-electron chi connectivity index (χ1n) is 7.28. The fraction of sp³-hybridized carbons (Fsp3) is 0.118. The molecule has 0 fully saturated rings. The van der Waals surface area contributed by atoms with Crippen LogP contribution in [0.2, 0.25) is 0 Å². The van der Waals surface area contributed by atoms with E-state index in [9.17, 15) is 9.59 Å². The molecule has 0 saturated carbocycles. The molecule has 0 atom stereocenters. The van der Waals surface area contributed by atoms with Crippen molar-refractivity contribution in [3.63, 3.8) is 0 Å². The summed E-state index contributed by atoms with van der Waals surface area (Å²) in [6.45, 7) is 0. The molecular weight excluding hydrogens is 372 g/mol. The predicted octanol–water partition coefficient (Wildman–Crippen LogP) is 2.34. The van der Waals surface area contributed by atoms with E-state index in [0.29, 0.717) is 5.69 Å². The lowest BCUT2D eigenvalue weighted by molar-refractivity contribution is -0.121. The van der Waals surface area contributed by atoms with Crippen LogP contribution in [0.25, 0.3) is 10.9 Å². The van der Waals surface area contributed by atoms with Crippen LogP contribution in [-0.4, -0.2) is 21.4 Å². The molecule has 0 spiro atoms. The summed E-state index contributed by atoms with van der Waals surface area (Å²) >= 11 is 3.30. The number of hydrogen-bond donors (Lipinski definition) is 2. The number of para-hydroxylation sites is 1. The molecule has 0 radical (unpaired) electrons. The molecule has 2 heterocycles. The van der Waals surface area contributed by atoms with Gasteiger partial charge in [-0.1, -0.05) is 24.3 Å². The van der Waals surface area contributed by atoms with Crippen LogP contribution in [0, 0.1) is 0 Å². The van der Waals surface area contributed by atoms with Crippen LogP contribution in [-0.2, 0) is 18.3 Å². The molecule has 2 aromatic heterocycles. The predicted molar refractivity (Wildman–Crippen MR) is 94.2 cm³/mol. The quantitative estimate of drug-likeness (QED) is 0.678. The third-order valence-corrected chi connectivity index (χ3v) is 4.02. The average molecular weight is 387 g/mol. The van der Waals surface area contributed by atoms with Gasteiger partial charge >= 0.3 is 0 Å². The van der Waals surface area contributed by atoms with Crippen LogP contribution < -0.4 is 10.9 Å². The number of hydrogen-bond acceptors (Lipinski definition) is 3. The zero-order valence-electron chi connectivity index (χ0n) is 12.9. The van der Waals surface area contributed by atoms with Crippen molar-refractivity contribution in [1.29, 1.82) is 0 Å². The third kappa shape index (κ3) is 3.46. The summed E-state index contributed by atoms with van der Waals surface area (Å²) in [7, 11) is 1.75. The summed E-state index contributed by atoms with van der Waals surface area (Å²) in [6.07, 6.45) is 3.59. The molecule has 0 aliphatic rings. The monoisotopic (exact) mass is 386 g/mol. The second-order valence-corrected chi connectivity index (χ2v) is 6.24. The van der Waals surface area contributed by atoms with E-state index in [2.05, 4.69) is 31.8 Å². The number of aromatic nitrogens is 2. The maximum Gasteiger partial charge on any atom is 0.286 e. The molecule has 2 amide bonds. The zero-order chi connectivity index (χ0) is 17.1. The lowest BCUT2D eigenvalue weighted by Gasteiger charge is -2.09. The number of fused-ring (bicyclic) bond motifs is 1. The van der Waals surface area contributed by atoms with Gasteiger partial charge < -0.3 is 4.57 Å². The maximum atomic E-state index is 12.1. The van der Waals surface area contributed by atoms with Gasteiger partial charge in [0.25, 0.3) is 5.91 Å². The van der Waals surface area contributed by atoms with Crippen molar-refractivity contribution in [1.82, 2.24) is 20.4 Å². The largest absolute Gasteiger partial charge is 0.345 e. The van der Waals surface area contributed by atoms with E-state index in [-0.39, 0.29) is 18.2 Å². The fourth-order valence-corrected chi connectivity index (χ4v) is 2.99. The molecule has 2 N–H and O–H groups in total. The second-order valence-electron chi connectivity index (χ2n) is 5.33. The molecule has 6 nitrogen and oxygen atoms in total. The molecule has 0 bridgehead atoms. The summed E-state index contributed by atoms with van der Waals surface area (Å²) in [4.78, 5) is 28.5. The highest BCUT2D eigenvalue weighted by molar-refractivity contribution is 9.10. The molecule has 3 rings (SSSR count). The lowest BCUT2D eigenvalue weighted by atomic mass is 10.1. The maximum absolute atomic E-state index is 12.1. The Hall–Kier alpha value is -2.67. The van der Waals surface area contributed by atoms with E-state index in [1.54, 1.807) is 30.1 Å². The summed E-state index contributed by atoms with van der Waals surface area (Å²) in [5.41, 5.74) is 6.89. The SMILES string of the molecule is Cn1cc(Br)cc1C(=O)NNC(=O)Cc1cccc2cccnc12. The number of carbonyl (C=O) groups is 2. The topological polar surface area (TPSA) is 76.0 Å². The highest BCUT2D eigenvalue weighted by atomic mass is 79.9. The summed E-state index contributed by atoms with van der Waals surface area (Å²) in [5.74, 6) is -0.692. The van der Waals surface area contributed by atoms with Crippen molar-refractivity contribution in [2.24, 2.45) is 7.05 Å². The number of rotatable bonds is 3. The smallest absolute Gasteiger partial charge is 0.286 e. The number of benzene rings is 1. The zero-order valence-corrected chi connectivity index (χ0v) is 14.5. The van der Waals surface area contributed by atoms with Gasteiger partial charge in [-0.25, -0.2) is 0 Å². The lowest BCUT2D eigenvalue weighted by Crippen LogP contribution is -2.43. The van der Waals surface area contributed by atoms with Crippen LogP contribution in [0.15, 0.2) is 53.3 Å². The Morgan fingerprint density at radius 2 is 2.00 bits per heavy atom. The fourth-order valence-electron chi connectivity index (χ4n) is 2.47. The minimum absolute atomic E-state index is 0.130. The van der Waals surface area contributed by atoms with Gasteiger partial charge in [0.2, 0.25) is 5.91 Å². The number of nitrogens with zero attached hydrogens (tertiary/aromatic N) is 2. The summed E-state index contributed by atoms with van der Waals surface area (Å²) in [5, 5.41) is 0.973. The average Bonchev–Trinajstić information content (AvgIpc) is 2.91. The Kier molecular flexibility index (Phi) is 4.61. The van der Waals surface area contributed by atoms with Crippen LogP contribution in [0.5, 0.6) is 0 Å². The number of nitrogens with one attached hydrogen (secondary N) is 2. The molecule has 3 aromatic rings. The minimum atomic E-state index is -0.382. The van der Waals surface area contributed by atoms with Gasteiger partial charge in [0, 0.05) is 29.3 Å².